The number of benzene rings is 2. The van der Waals surface area contributed by atoms with Crippen LogP contribution in [0.15, 0.2) is 59.6 Å². The van der Waals surface area contributed by atoms with Gasteiger partial charge in [-0.05, 0) is 70.2 Å². The van der Waals surface area contributed by atoms with E-state index in [2.05, 4.69) is 41.6 Å². The molecule has 27 heavy (non-hydrogen) atoms. The molecule has 0 fully saturated rings. The number of rotatable bonds is 6. The van der Waals surface area contributed by atoms with Gasteiger partial charge in [-0.2, -0.15) is 0 Å². The van der Waals surface area contributed by atoms with Gasteiger partial charge in [0.25, 0.3) is 0 Å². The molecular weight excluding hydrogens is 336 g/mol. The van der Waals surface area contributed by atoms with Crippen molar-refractivity contribution in [3.05, 3.63) is 77.1 Å². The van der Waals surface area contributed by atoms with E-state index in [1.54, 1.807) is 13.0 Å². The highest BCUT2D eigenvalue weighted by Crippen LogP contribution is 2.23. The van der Waals surface area contributed by atoms with E-state index in [9.17, 15) is 4.79 Å². The molecule has 0 spiro atoms. The highest BCUT2D eigenvalue weighted by atomic mass is 16.5. The molecule has 0 atom stereocenters. The smallest absolute Gasteiger partial charge is 0.159 e. The molecule has 1 heterocycles. The van der Waals surface area contributed by atoms with Crippen molar-refractivity contribution in [1.82, 2.24) is 4.57 Å². The number of aromatic nitrogens is 1. The minimum absolute atomic E-state index is 0.0423. The molecule has 0 aliphatic heterocycles. The Morgan fingerprint density at radius 3 is 2.52 bits per heavy atom. The maximum atomic E-state index is 11.5. The van der Waals surface area contributed by atoms with Crippen molar-refractivity contribution in [3.8, 4) is 11.4 Å². The number of carbonyl (C=O) groups is 1. The van der Waals surface area contributed by atoms with Crippen LogP contribution in [-0.4, -0.2) is 23.2 Å². The van der Waals surface area contributed by atoms with E-state index in [4.69, 9.17) is 4.74 Å². The minimum atomic E-state index is 0.0423. The molecule has 0 amide bonds. The highest BCUT2D eigenvalue weighted by molar-refractivity contribution is 5.95. The van der Waals surface area contributed by atoms with Crippen LogP contribution >= 0.6 is 0 Å². The summed E-state index contributed by atoms with van der Waals surface area (Å²) < 4.78 is 7.72. The first-order chi connectivity index (χ1) is 13.0. The average molecular weight is 360 g/mol. The number of ether oxygens (including phenoxy) is 1. The van der Waals surface area contributed by atoms with Crippen LogP contribution in [0.4, 0.5) is 5.69 Å². The Morgan fingerprint density at radius 2 is 1.85 bits per heavy atom. The van der Waals surface area contributed by atoms with Gasteiger partial charge in [-0.15, -0.1) is 0 Å². The lowest BCUT2D eigenvalue weighted by atomic mass is 10.1. The zero-order valence-electron chi connectivity index (χ0n) is 16.2. The molecular formula is C23H24N2O2. The van der Waals surface area contributed by atoms with Crippen molar-refractivity contribution in [2.75, 3.05) is 6.61 Å². The van der Waals surface area contributed by atoms with Gasteiger partial charge < -0.3 is 9.30 Å². The summed E-state index contributed by atoms with van der Waals surface area (Å²) in [4.78, 5) is 16.1. The molecule has 0 N–H and O–H groups in total. The normalized spacial score (nSPS) is 11.1. The molecule has 3 rings (SSSR count). The molecule has 138 valence electrons. The molecule has 0 radical (unpaired) electrons. The molecule has 0 unspecified atom stereocenters. The lowest BCUT2D eigenvalue weighted by Crippen LogP contribution is -2.00. The number of aryl methyl sites for hydroxylation is 1. The van der Waals surface area contributed by atoms with Crippen LogP contribution in [0.5, 0.6) is 5.75 Å². The third kappa shape index (κ3) is 4.17. The first kappa shape index (κ1) is 18.6. The molecule has 0 bridgehead atoms. The van der Waals surface area contributed by atoms with Crippen LogP contribution in [0.2, 0.25) is 0 Å². The molecule has 4 nitrogen and oxygen atoms in total. The Hall–Kier alpha value is -3.14. The van der Waals surface area contributed by atoms with Crippen LogP contribution in [0, 0.1) is 13.8 Å². The first-order valence-corrected chi connectivity index (χ1v) is 9.07. The van der Waals surface area contributed by atoms with E-state index in [1.807, 2.05) is 43.5 Å². The second kappa shape index (κ2) is 8.04. The molecule has 0 saturated heterocycles. The third-order valence-corrected chi connectivity index (χ3v) is 4.48. The van der Waals surface area contributed by atoms with Gasteiger partial charge >= 0.3 is 0 Å². The molecule has 0 aliphatic rings. The third-order valence-electron chi connectivity index (χ3n) is 4.48. The fourth-order valence-electron chi connectivity index (χ4n) is 3.12. The second-order valence-corrected chi connectivity index (χ2v) is 6.45. The van der Waals surface area contributed by atoms with Crippen molar-refractivity contribution in [2.24, 2.45) is 4.99 Å². The number of hydrogen-bond donors (Lipinski definition) is 0. The standard InChI is InChI=1S/C23H24N2O2/c1-5-27-23-11-9-22(10-12-23)25-16(2)13-20(17(25)3)15-24-21-8-6-7-19(14-21)18(4)26/h6-15H,5H2,1-4H3. The number of Topliss-reactive ketones (excluding diaryl/α,β-unsaturated/α-hetero) is 1. The predicted octanol–water partition coefficient (Wildman–Crippen LogP) is 5.45. The van der Waals surface area contributed by atoms with Gasteiger partial charge in [-0.25, -0.2) is 0 Å². The van der Waals surface area contributed by atoms with Crippen molar-refractivity contribution in [3.63, 3.8) is 0 Å². The Bertz CT molecular complexity index is 982. The van der Waals surface area contributed by atoms with Crippen LogP contribution in [0.3, 0.4) is 0 Å². The maximum Gasteiger partial charge on any atom is 0.159 e. The number of ketones is 1. The van der Waals surface area contributed by atoms with E-state index in [1.165, 1.54) is 0 Å². The molecule has 2 aromatic carbocycles. The number of aliphatic imine (C=N–C) groups is 1. The summed E-state index contributed by atoms with van der Waals surface area (Å²) in [5.74, 6) is 0.913. The zero-order valence-corrected chi connectivity index (χ0v) is 16.2. The number of carbonyl (C=O) groups excluding carboxylic acids is 1. The topological polar surface area (TPSA) is 43.6 Å². The fraction of sp³-hybridized carbons (Fsp3) is 0.217. The number of hydrogen-bond acceptors (Lipinski definition) is 3. The summed E-state index contributed by atoms with van der Waals surface area (Å²) in [6.45, 7) is 8.36. The van der Waals surface area contributed by atoms with Crippen molar-refractivity contribution < 1.29 is 9.53 Å². The first-order valence-electron chi connectivity index (χ1n) is 9.07. The fourth-order valence-corrected chi connectivity index (χ4v) is 3.12. The molecule has 0 saturated carbocycles. The molecule has 0 aliphatic carbocycles. The van der Waals surface area contributed by atoms with Crippen molar-refractivity contribution in [2.45, 2.75) is 27.7 Å². The Kier molecular flexibility index (Phi) is 5.55. The monoisotopic (exact) mass is 360 g/mol. The highest BCUT2D eigenvalue weighted by Gasteiger charge is 2.09. The van der Waals surface area contributed by atoms with Gasteiger partial charge in [0.1, 0.15) is 5.75 Å². The summed E-state index contributed by atoms with van der Waals surface area (Å²) in [5, 5.41) is 0. The van der Waals surface area contributed by atoms with E-state index in [0.717, 1.165) is 34.1 Å². The summed E-state index contributed by atoms with van der Waals surface area (Å²) in [6, 6.07) is 17.6. The van der Waals surface area contributed by atoms with Crippen molar-refractivity contribution in [1.29, 1.82) is 0 Å². The molecule has 1 aromatic heterocycles. The lowest BCUT2D eigenvalue weighted by molar-refractivity contribution is 0.101. The van der Waals surface area contributed by atoms with Crippen molar-refractivity contribution >= 4 is 17.7 Å². The molecule has 3 aromatic rings. The second-order valence-electron chi connectivity index (χ2n) is 6.45. The van der Waals surface area contributed by atoms with Crippen LogP contribution in [0.1, 0.15) is 41.2 Å². The Labute approximate surface area is 160 Å². The summed E-state index contributed by atoms with van der Waals surface area (Å²) in [5.41, 5.74) is 5.83. The molecule has 4 heteroatoms. The van der Waals surface area contributed by atoms with Gasteiger partial charge in [0, 0.05) is 34.4 Å². The quantitative estimate of drug-likeness (QED) is 0.433. The Balaban J connectivity index is 1.89. The maximum absolute atomic E-state index is 11.5. The SMILES string of the molecule is CCOc1ccc(-n2c(C)cc(C=Nc3cccc(C(C)=O)c3)c2C)cc1. The van der Waals surface area contributed by atoms with E-state index < -0.39 is 0 Å². The summed E-state index contributed by atoms with van der Waals surface area (Å²) >= 11 is 0. The van der Waals surface area contributed by atoms with E-state index in [-0.39, 0.29) is 5.78 Å². The summed E-state index contributed by atoms with van der Waals surface area (Å²) in [7, 11) is 0. The van der Waals surface area contributed by atoms with Gasteiger partial charge in [-0.1, -0.05) is 12.1 Å². The summed E-state index contributed by atoms with van der Waals surface area (Å²) in [6.07, 6.45) is 1.85. The van der Waals surface area contributed by atoms with Crippen LogP contribution in [-0.2, 0) is 0 Å². The van der Waals surface area contributed by atoms with Gasteiger partial charge in [0.2, 0.25) is 0 Å². The van der Waals surface area contributed by atoms with Gasteiger partial charge in [0.05, 0.1) is 12.3 Å². The predicted molar refractivity (Wildman–Crippen MR) is 110 cm³/mol. The van der Waals surface area contributed by atoms with Crippen LogP contribution in [0.25, 0.3) is 5.69 Å². The van der Waals surface area contributed by atoms with Gasteiger partial charge in [-0.3, -0.25) is 9.79 Å². The minimum Gasteiger partial charge on any atom is -0.494 e. The van der Waals surface area contributed by atoms with Gasteiger partial charge in [0.15, 0.2) is 5.78 Å². The average Bonchev–Trinajstić information content (AvgIpc) is 2.95. The lowest BCUT2D eigenvalue weighted by Gasteiger charge is -2.11. The number of nitrogens with zero attached hydrogens (tertiary/aromatic N) is 2. The van der Waals surface area contributed by atoms with E-state index >= 15 is 0 Å². The van der Waals surface area contributed by atoms with E-state index in [0.29, 0.717) is 12.2 Å². The van der Waals surface area contributed by atoms with Crippen LogP contribution < -0.4 is 4.74 Å². The zero-order chi connectivity index (χ0) is 19.4. The Morgan fingerprint density at radius 1 is 1.11 bits per heavy atom. The largest absolute Gasteiger partial charge is 0.494 e.